The number of ether oxygens (including phenoxy) is 2. The molecular weight excluding hydrogens is 516 g/mol. The Labute approximate surface area is 230 Å². The van der Waals surface area contributed by atoms with Crippen molar-refractivity contribution in [1.29, 1.82) is 0 Å². The lowest BCUT2D eigenvalue weighted by Crippen LogP contribution is -2.34. The highest BCUT2D eigenvalue weighted by molar-refractivity contribution is 5.99. The Kier molecular flexibility index (Phi) is 8.03. The lowest BCUT2D eigenvalue weighted by atomic mass is 9.99. The number of likely N-dealkylation sites (tertiary alicyclic amines) is 1. The SMILES string of the molecule is [C-]#[N+]c1cc2c(Oc3ccc(NC(=O)Nc4ccc(F)cc4)c(F)c3)ccnc2cc1OCC1CCCN(C)C1. The number of urea groups is 1. The second-order valence-corrected chi connectivity index (χ2v) is 9.67. The molecule has 0 radical (unpaired) electrons. The van der Waals surface area contributed by atoms with Gasteiger partial charge in [0.2, 0.25) is 5.69 Å². The van der Waals surface area contributed by atoms with Gasteiger partial charge in [-0.05, 0) is 81.0 Å². The van der Waals surface area contributed by atoms with Crippen LogP contribution in [0.4, 0.5) is 30.6 Å². The molecule has 1 unspecified atom stereocenters. The number of hydrogen-bond donors (Lipinski definition) is 2. The summed E-state index contributed by atoms with van der Waals surface area (Å²) in [4.78, 5) is 22.6. The minimum absolute atomic E-state index is 0.0622. The Hall–Kier alpha value is -4.75. The fraction of sp³-hybridized carbons (Fsp3) is 0.233. The summed E-state index contributed by atoms with van der Waals surface area (Å²) < 4.78 is 39.9. The van der Waals surface area contributed by atoms with Crippen molar-refractivity contribution < 1.29 is 23.0 Å². The van der Waals surface area contributed by atoms with Gasteiger partial charge in [-0.3, -0.25) is 4.98 Å². The van der Waals surface area contributed by atoms with Crippen LogP contribution in [0, 0.1) is 24.1 Å². The molecule has 4 aromatic rings. The Morgan fingerprint density at radius 1 is 1.10 bits per heavy atom. The van der Waals surface area contributed by atoms with Crippen LogP contribution in [-0.4, -0.2) is 42.7 Å². The van der Waals surface area contributed by atoms with Crippen LogP contribution in [0.2, 0.25) is 0 Å². The van der Waals surface area contributed by atoms with Crippen molar-refractivity contribution in [3.63, 3.8) is 0 Å². The molecule has 0 saturated carbocycles. The first kappa shape index (κ1) is 26.8. The number of benzene rings is 3. The minimum Gasteiger partial charge on any atom is -0.504 e. The van der Waals surface area contributed by atoms with Gasteiger partial charge in [-0.1, -0.05) is 0 Å². The Morgan fingerprint density at radius 3 is 2.67 bits per heavy atom. The summed E-state index contributed by atoms with van der Waals surface area (Å²) in [6.45, 7) is 10.2. The van der Waals surface area contributed by atoms with Crippen LogP contribution in [-0.2, 0) is 0 Å². The van der Waals surface area contributed by atoms with E-state index < -0.39 is 17.7 Å². The fourth-order valence-corrected chi connectivity index (χ4v) is 4.65. The van der Waals surface area contributed by atoms with Gasteiger partial charge in [-0.2, -0.15) is 0 Å². The summed E-state index contributed by atoms with van der Waals surface area (Å²) in [5.74, 6) is 0.315. The highest BCUT2D eigenvalue weighted by atomic mass is 19.1. The number of amides is 2. The van der Waals surface area contributed by atoms with Crippen LogP contribution in [0.15, 0.2) is 66.9 Å². The molecular formula is C30H27F2N5O3. The highest BCUT2D eigenvalue weighted by Gasteiger charge is 2.19. The lowest BCUT2D eigenvalue weighted by molar-refractivity contribution is 0.151. The van der Waals surface area contributed by atoms with E-state index in [-0.39, 0.29) is 11.4 Å². The summed E-state index contributed by atoms with van der Waals surface area (Å²) in [5.41, 5.74) is 1.22. The van der Waals surface area contributed by atoms with Crippen LogP contribution in [0.1, 0.15) is 12.8 Å². The zero-order valence-corrected chi connectivity index (χ0v) is 21.8. The first-order chi connectivity index (χ1) is 19.4. The molecule has 0 aliphatic carbocycles. The second-order valence-electron chi connectivity index (χ2n) is 9.67. The number of piperidine rings is 1. The van der Waals surface area contributed by atoms with E-state index >= 15 is 0 Å². The molecule has 1 fully saturated rings. The maximum absolute atomic E-state index is 14.8. The van der Waals surface area contributed by atoms with Crippen LogP contribution in [0.3, 0.4) is 0 Å². The molecule has 0 bridgehead atoms. The normalized spacial score (nSPS) is 15.3. The van der Waals surface area contributed by atoms with Crippen molar-refractivity contribution in [3.05, 3.63) is 89.9 Å². The maximum atomic E-state index is 14.8. The number of pyridine rings is 1. The number of aromatic nitrogens is 1. The number of carbonyl (C=O) groups is 1. The number of fused-ring (bicyclic) bond motifs is 1. The molecule has 1 saturated heterocycles. The van der Waals surface area contributed by atoms with Crippen LogP contribution in [0.25, 0.3) is 15.7 Å². The third kappa shape index (κ3) is 6.45. The first-order valence-corrected chi connectivity index (χ1v) is 12.8. The molecule has 3 aromatic carbocycles. The van der Waals surface area contributed by atoms with Gasteiger partial charge in [-0.25, -0.2) is 18.4 Å². The minimum atomic E-state index is -0.712. The molecule has 10 heteroatoms. The van der Waals surface area contributed by atoms with Crippen molar-refractivity contribution in [2.75, 3.05) is 37.4 Å². The summed E-state index contributed by atoms with van der Waals surface area (Å²) in [7, 11) is 2.10. The Morgan fingerprint density at radius 2 is 1.93 bits per heavy atom. The van der Waals surface area contributed by atoms with E-state index in [0.29, 0.717) is 46.3 Å². The number of anilines is 2. The maximum Gasteiger partial charge on any atom is 0.323 e. The van der Waals surface area contributed by atoms with Gasteiger partial charge in [0.25, 0.3) is 0 Å². The average molecular weight is 544 g/mol. The van der Waals surface area contributed by atoms with Gasteiger partial charge in [0, 0.05) is 35.8 Å². The summed E-state index contributed by atoms with van der Waals surface area (Å²) in [6.07, 6.45) is 3.79. The molecule has 1 aliphatic rings. The van der Waals surface area contributed by atoms with E-state index in [1.807, 2.05) is 0 Å². The summed E-state index contributed by atoms with van der Waals surface area (Å²) in [6, 6.07) is 13.6. The van der Waals surface area contributed by atoms with Crippen LogP contribution in [0.5, 0.6) is 17.2 Å². The van der Waals surface area contributed by atoms with Gasteiger partial charge in [0.05, 0.1) is 24.4 Å². The van der Waals surface area contributed by atoms with Crippen LogP contribution < -0.4 is 20.1 Å². The van der Waals surface area contributed by atoms with E-state index in [2.05, 4.69) is 32.4 Å². The number of hydrogen-bond acceptors (Lipinski definition) is 5. The molecule has 8 nitrogen and oxygen atoms in total. The highest BCUT2D eigenvalue weighted by Crippen LogP contribution is 2.38. The molecule has 2 N–H and O–H groups in total. The third-order valence-electron chi connectivity index (χ3n) is 6.62. The molecule has 2 heterocycles. The van der Waals surface area contributed by atoms with E-state index in [9.17, 15) is 13.6 Å². The average Bonchev–Trinajstić information content (AvgIpc) is 2.94. The molecule has 0 spiro atoms. The number of rotatable bonds is 7. The zero-order chi connectivity index (χ0) is 28.1. The number of halogens is 2. The topological polar surface area (TPSA) is 80.1 Å². The third-order valence-corrected chi connectivity index (χ3v) is 6.62. The van der Waals surface area contributed by atoms with E-state index in [1.54, 1.807) is 24.4 Å². The second kappa shape index (κ2) is 12.0. The van der Waals surface area contributed by atoms with Gasteiger partial charge in [0.1, 0.15) is 28.9 Å². The molecule has 1 aromatic heterocycles. The predicted molar refractivity (Wildman–Crippen MR) is 149 cm³/mol. The van der Waals surface area contributed by atoms with Crippen molar-refractivity contribution in [3.8, 4) is 17.2 Å². The first-order valence-electron chi connectivity index (χ1n) is 12.8. The number of nitrogens with zero attached hydrogens (tertiary/aromatic N) is 3. The van der Waals surface area contributed by atoms with Gasteiger partial charge >= 0.3 is 6.03 Å². The van der Waals surface area contributed by atoms with E-state index in [4.69, 9.17) is 16.0 Å². The summed E-state index contributed by atoms with van der Waals surface area (Å²) >= 11 is 0. The predicted octanol–water partition coefficient (Wildman–Crippen LogP) is 7.22. The van der Waals surface area contributed by atoms with Gasteiger partial charge < -0.3 is 25.0 Å². The summed E-state index contributed by atoms with van der Waals surface area (Å²) in [5, 5.41) is 5.51. The molecule has 1 atom stereocenters. The molecule has 1 aliphatic heterocycles. The van der Waals surface area contributed by atoms with Crippen molar-refractivity contribution in [1.82, 2.24) is 9.88 Å². The lowest BCUT2D eigenvalue weighted by Gasteiger charge is -2.29. The Bertz CT molecular complexity index is 1570. The number of nitrogens with one attached hydrogen (secondary N) is 2. The van der Waals surface area contributed by atoms with Crippen molar-refractivity contribution in [2.45, 2.75) is 12.8 Å². The molecule has 2 amide bonds. The quantitative estimate of drug-likeness (QED) is 0.241. The standard InChI is InChI=1S/C30H27F2N5O3/c1-33-27-15-23-26(16-29(27)39-18-19-4-3-13-37(2)17-19)34-12-11-28(23)40-22-9-10-25(24(32)14-22)36-30(38)35-21-7-5-20(31)6-8-21/h5-12,14-16,19H,3-4,13,17-18H2,2H3,(H2,35,36,38). The van der Waals surface area contributed by atoms with Crippen molar-refractivity contribution in [2.24, 2.45) is 5.92 Å². The smallest absolute Gasteiger partial charge is 0.323 e. The van der Waals surface area contributed by atoms with E-state index in [0.717, 1.165) is 32.0 Å². The molecule has 5 rings (SSSR count). The molecule has 204 valence electrons. The zero-order valence-electron chi connectivity index (χ0n) is 21.8. The van der Waals surface area contributed by atoms with Gasteiger partial charge in [-0.15, -0.1) is 0 Å². The fourth-order valence-electron chi connectivity index (χ4n) is 4.65. The van der Waals surface area contributed by atoms with E-state index in [1.165, 1.54) is 36.4 Å². The van der Waals surface area contributed by atoms with Gasteiger partial charge in [0.15, 0.2) is 0 Å². The monoisotopic (exact) mass is 543 g/mol. The molecule has 40 heavy (non-hydrogen) atoms. The number of carbonyl (C=O) groups excluding carboxylic acids is 1. The largest absolute Gasteiger partial charge is 0.504 e. The Balaban J connectivity index is 1.29. The van der Waals surface area contributed by atoms with Crippen LogP contribution >= 0.6 is 0 Å². The van der Waals surface area contributed by atoms with Crippen molar-refractivity contribution >= 4 is 34.0 Å².